The number of nitrogens with zero attached hydrogens (tertiary/aromatic N) is 4. The number of fused-ring (bicyclic) bond motifs is 1. The van der Waals surface area contributed by atoms with Gasteiger partial charge in [0, 0.05) is 19.1 Å². The first-order chi connectivity index (χ1) is 9.79. The van der Waals surface area contributed by atoms with Gasteiger partial charge in [0.05, 0.1) is 0 Å². The first-order valence-corrected chi connectivity index (χ1v) is 8.02. The van der Waals surface area contributed by atoms with Crippen LogP contribution in [0.5, 0.6) is 0 Å². The molecule has 0 aromatic carbocycles. The minimum atomic E-state index is 0.169. The third kappa shape index (κ3) is 2.34. The second kappa shape index (κ2) is 5.75. The summed E-state index contributed by atoms with van der Waals surface area (Å²) in [6.07, 6.45) is 4.76. The van der Waals surface area contributed by atoms with Crippen molar-refractivity contribution in [3.63, 3.8) is 0 Å². The first kappa shape index (κ1) is 13.9. The molecule has 2 aromatic rings. The molecule has 7 heteroatoms. The molecule has 3 rings (SSSR count). The van der Waals surface area contributed by atoms with Crippen molar-refractivity contribution >= 4 is 16.3 Å². The molecule has 1 unspecified atom stereocenters. The van der Waals surface area contributed by atoms with Crippen LogP contribution >= 0.6 is 11.3 Å². The van der Waals surface area contributed by atoms with Crippen LogP contribution in [-0.4, -0.2) is 40.0 Å². The highest BCUT2D eigenvalue weighted by Gasteiger charge is 2.37. The Bertz CT molecular complexity index is 567. The highest BCUT2D eigenvalue weighted by atomic mass is 32.1. The van der Waals surface area contributed by atoms with Crippen LogP contribution in [0, 0.1) is 0 Å². The molecule has 0 aliphatic carbocycles. The lowest BCUT2D eigenvalue weighted by Gasteiger charge is -2.35. The zero-order valence-corrected chi connectivity index (χ0v) is 12.9. The highest BCUT2D eigenvalue weighted by molar-refractivity contribution is 7.16. The molecular weight excluding hydrogens is 274 g/mol. The molecule has 1 N–H and O–H groups in total. The van der Waals surface area contributed by atoms with Crippen molar-refractivity contribution in [3.05, 3.63) is 10.8 Å². The molecule has 1 atom stereocenters. The van der Waals surface area contributed by atoms with E-state index in [-0.39, 0.29) is 5.41 Å². The number of piperidine rings is 1. The van der Waals surface area contributed by atoms with Gasteiger partial charge in [0.2, 0.25) is 4.96 Å². The summed E-state index contributed by atoms with van der Waals surface area (Å²) >= 11 is 1.67. The number of ether oxygens (including phenoxy) is 1. The minimum Gasteiger partial charge on any atom is -0.377 e. The third-order valence-electron chi connectivity index (χ3n) is 3.98. The van der Waals surface area contributed by atoms with Gasteiger partial charge in [-0.05, 0) is 25.8 Å². The predicted octanol–water partition coefficient (Wildman–Crippen LogP) is 1.75. The largest absolute Gasteiger partial charge is 0.377 e. The van der Waals surface area contributed by atoms with Gasteiger partial charge in [-0.25, -0.2) is 0 Å². The van der Waals surface area contributed by atoms with Crippen molar-refractivity contribution in [1.29, 1.82) is 0 Å². The van der Waals surface area contributed by atoms with Gasteiger partial charge in [0.25, 0.3) is 0 Å². The van der Waals surface area contributed by atoms with Crippen molar-refractivity contribution in [2.45, 2.75) is 44.6 Å². The highest BCUT2D eigenvalue weighted by Crippen LogP contribution is 2.37. The minimum absolute atomic E-state index is 0.169. The summed E-state index contributed by atoms with van der Waals surface area (Å²) < 4.78 is 6.99. The fraction of sp³-hybridized carbons (Fsp3) is 0.769. The normalized spacial score (nSPS) is 23.5. The summed E-state index contributed by atoms with van der Waals surface area (Å²) in [6.45, 7) is 4.82. The topological polar surface area (TPSA) is 64.3 Å². The van der Waals surface area contributed by atoms with E-state index < -0.39 is 0 Å². The summed E-state index contributed by atoms with van der Waals surface area (Å²) in [5, 5.41) is 17.8. The van der Waals surface area contributed by atoms with E-state index in [1.54, 1.807) is 18.4 Å². The van der Waals surface area contributed by atoms with Crippen LogP contribution in [0.25, 0.3) is 4.96 Å². The van der Waals surface area contributed by atoms with Crippen LogP contribution < -0.4 is 5.32 Å². The van der Waals surface area contributed by atoms with Crippen LogP contribution in [0.4, 0.5) is 0 Å². The van der Waals surface area contributed by atoms with Crippen LogP contribution in [-0.2, 0) is 16.8 Å². The maximum absolute atomic E-state index is 5.15. The van der Waals surface area contributed by atoms with Gasteiger partial charge in [0.15, 0.2) is 5.82 Å². The van der Waals surface area contributed by atoms with Gasteiger partial charge in [-0.3, -0.25) is 0 Å². The van der Waals surface area contributed by atoms with Crippen LogP contribution in [0.2, 0.25) is 0 Å². The molecule has 1 saturated heterocycles. The Morgan fingerprint density at radius 3 is 3.05 bits per heavy atom. The first-order valence-electron chi connectivity index (χ1n) is 7.20. The predicted molar refractivity (Wildman–Crippen MR) is 78.1 cm³/mol. The molecule has 2 aromatic heterocycles. The molecule has 0 saturated carbocycles. The van der Waals surface area contributed by atoms with Crippen molar-refractivity contribution < 1.29 is 4.74 Å². The van der Waals surface area contributed by atoms with E-state index in [0.29, 0.717) is 6.61 Å². The maximum atomic E-state index is 5.15. The molecule has 3 heterocycles. The second-order valence-corrected chi connectivity index (χ2v) is 6.42. The number of hydrogen-bond acceptors (Lipinski definition) is 6. The van der Waals surface area contributed by atoms with E-state index in [2.05, 4.69) is 22.4 Å². The smallest absolute Gasteiger partial charge is 0.234 e. The number of methoxy groups -OCH3 is 1. The summed E-state index contributed by atoms with van der Waals surface area (Å²) in [6, 6.07) is 0. The van der Waals surface area contributed by atoms with Crippen molar-refractivity contribution in [1.82, 2.24) is 25.1 Å². The Morgan fingerprint density at radius 2 is 2.35 bits per heavy atom. The second-order valence-electron chi connectivity index (χ2n) is 5.46. The van der Waals surface area contributed by atoms with E-state index in [1.165, 1.54) is 30.7 Å². The molecule has 1 aliphatic rings. The molecule has 1 fully saturated rings. The molecule has 110 valence electrons. The van der Waals surface area contributed by atoms with E-state index >= 15 is 0 Å². The van der Waals surface area contributed by atoms with E-state index in [9.17, 15) is 0 Å². The average molecular weight is 295 g/mol. The maximum Gasteiger partial charge on any atom is 0.234 e. The monoisotopic (exact) mass is 295 g/mol. The number of nitrogens with one attached hydrogen (secondary N) is 1. The fourth-order valence-electron chi connectivity index (χ4n) is 3.04. The SMILES string of the molecule is CCCC1(c2nn3c(COC)nnc3s2)CCCNC1. The molecular formula is C13H21N5OS. The van der Waals surface area contributed by atoms with E-state index in [1.807, 2.05) is 4.52 Å². The standard InChI is InChI=1S/C13H21N5OS/c1-3-5-13(6-4-7-14-9-13)11-17-18-10(8-19-2)15-16-12(18)20-11/h14H,3-9H2,1-2H3. The number of aromatic nitrogens is 4. The number of rotatable bonds is 5. The molecule has 1 aliphatic heterocycles. The van der Waals surface area contributed by atoms with Crippen LogP contribution in [0.15, 0.2) is 0 Å². The Morgan fingerprint density at radius 1 is 1.45 bits per heavy atom. The Labute approximate surface area is 122 Å². The summed E-state index contributed by atoms with van der Waals surface area (Å²) in [4.78, 5) is 0.869. The average Bonchev–Trinajstić information content (AvgIpc) is 3.03. The van der Waals surface area contributed by atoms with Gasteiger partial charge < -0.3 is 10.1 Å². The Kier molecular flexibility index (Phi) is 4.00. The third-order valence-corrected chi connectivity index (χ3v) is 5.13. The van der Waals surface area contributed by atoms with Gasteiger partial charge in [0.1, 0.15) is 11.6 Å². The van der Waals surface area contributed by atoms with Gasteiger partial charge in [-0.1, -0.05) is 24.7 Å². The van der Waals surface area contributed by atoms with E-state index in [0.717, 1.165) is 23.9 Å². The molecule has 0 bridgehead atoms. The molecule has 6 nitrogen and oxygen atoms in total. The van der Waals surface area contributed by atoms with Gasteiger partial charge >= 0.3 is 0 Å². The molecule has 0 spiro atoms. The lowest BCUT2D eigenvalue weighted by molar-refractivity contribution is 0.175. The van der Waals surface area contributed by atoms with Crippen molar-refractivity contribution in [2.24, 2.45) is 0 Å². The summed E-state index contributed by atoms with van der Waals surface area (Å²) in [5.41, 5.74) is 0.169. The van der Waals surface area contributed by atoms with Crippen LogP contribution in [0.1, 0.15) is 43.4 Å². The summed E-state index contributed by atoms with van der Waals surface area (Å²) in [5.74, 6) is 0.778. The zero-order chi connectivity index (χ0) is 14.0. The lowest BCUT2D eigenvalue weighted by Crippen LogP contribution is -2.43. The van der Waals surface area contributed by atoms with Crippen molar-refractivity contribution in [3.8, 4) is 0 Å². The lowest BCUT2D eigenvalue weighted by atomic mass is 9.77. The van der Waals surface area contributed by atoms with Gasteiger partial charge in [-0.15, -0.1) is 10.2 Å². The quantitative estimate of drug-likeness (QED) is 0.910. The van der Waals surface area contributed by atoms with Crippen LogP contribution in [0.3, 0.4) is 0 Å². The Hall–Kier alpha value is -1.05. The van der Waals surface area contributed by atoms with Crippen molar-refractivity contribution in [2.75, 3.05) is 20.2 Å². The molecule has 0 amide bonds. The fourth-order valence-corrected chi connectivity index (χ4v) is 4.14. The molecule has 20 heavy (non-hydrogen) atoms. The van der Waals surface area contributed by atoms with Gasteiger partial charge in [-0.2, -0.15) is 9.61 Å². The Balaban J connectivity index is 1.98. The molecule has 0 radical (unpaired) electrons. The summed E-state index contributed by atoms with van der Waals surface area (Å²) in [7, 11) is 1.66. The number of hydrogen-bond donors (Lipinski definition) is 1. The van der Waals surface area contributed by atoms with E-state index in [4.69, 9.17) is 9.84 Å². The zero-order valence-electron chi connectivity index (χ0n) is 12.1.